The fourth-order valence-electron chi connectivity index (χ4n) is 2.71. The molecule has 25 heavy (non-hydrogen) atoms. The summed E-state index contributed by atoms with van der Waals surface area (Å²) in [7, 11) is 0. The standard InChI is InChI=1S/C19H17IN2O3/c1-12-16(18(23)25-11-13-7-3-2-4-8-13)17(22-19(24)21-12)14-9-5-6-10-15(14)20/h2-10,17H,11H2,1H3,(H2,21,22,24)/t17-/m0/s1. The summed E-state index contributed by atoms with van der Waals surface area (Å²) in [6.07, 6.45) is 0. The highest BCUT2D eigenvalue weighted by Crippen LogP contribution is 2.30. The van der Waals surface area contributed by atoms with Gasteiger partial charge in [0, 0.05) is 9.27 Å². The average molecular weight is 448 g/mol. The SMILES string of the molecule is CC1=C(C(=O)OCc2ccccc2)[C@H](c2ccccc2I)NC(=O)N1. The van der Waals surface area contributed by atoms with Crippen molar-refractivity contribution < 1.29 is 14.3 Å². The molecule has 2 aromatic carbocycles. The van der Waals surface area contributed by atoms with Crippen LogP contribution in [0.1, 0.15) is 24.1 Å². The van der Waals surface area contributed by atoms with Gasteiger partial charge in [-0.1, -0.05) is 48.5 Å². The van der Waals surface area contributed by atoms with Gasteiger partial charge in [0.25, 0.3) is 0 Å². The first-order valence-corrected chi connectivity index (χ1v) is 8.88. The number of carbonyl (C=O) groups excluding carboxylic acids is 2. The van der Waals surface area contributed by atoms with E-state index in [9.17, 15) is 9.59 Å². The Kier molecular flexibility index (Phi) is 5.37. The number of rotatable bonds is 4. The third-order valence-corrected chi connectivity index (χ3v) is 4.90. The minimum atomic E-state index is -0.537. The summed E-state index contributed by atoms with van der Waals surface area (Å²) in [4.78, 5) is 24.6. The number of urea groups is 1. The van der Waals surface area contributed by atoms with Crippen LogP contribution in [0.3, 0.4) is 0 Å². The van der Waals surface area contributed by atoms with E-state index in [-0.39, 0.29) is 12.6 Å². The largest absolute Gasteiger partial charge is 0.457 e. The Morgan fingerprint density at radius 2 is 1.80 bits per heavy atom. The lowest BCUT2D eigenvalue weighted by Gasteiger charge is -2.28. The van der Waals surface area contributed by atoms with Crippen molar-refractivity contribution in [3.05, 3.63) is 80.6 Å². The second kappa shape index (κ2) is 7.69. The van der Waals surface area contributed by atoms with E-state index in [2.05, 4.69) is 33.2 Å². The molecule has 1 heterocycles. The maximum Gasteiger partial charge on any atom is 0.338 e. The van der Waals surface area contributed by atoms with Gasteiger partial charge in [-0.2, -0.15) is 0 Å². The Balaban J connectivity index is 1.87. The lowest BCUT2D eigenvalue weighted by molar-refractivity contribution is -0.140. The van der Waals surface area contributed by atoms with Crippen molar-refractivity contribution in [1.82, 2.24) is 10.6 Å². The molecular formula is C19H17IN2O3. The van der Waals surface area contributed by atoms with Gasteiger partial charge in [0.05, 0.1) is 11.6 Å². The normalized spacial score (nSPS) is 16.9. The maximum atomic E-state index is 12.7. The minimum absolute atomic E-state index is 0.184. The Hall–Kier alpha value is -2.35. The lowest BCUT2D eigenvalue weighted by atomic mass is 9.95. The molecule has 0 bridgehead atoms. The molecular weight excluding hydrogens is 431 g/mol. The molecule has 0 aromatic heterocycles. The van der Waals surface area contributed by atoms with Crippen LogP contribution in [0.2, 0.25) is 0 Å². The van der Waals surface area contributed by atoms with Gasteiger partial charge in [-0.05, 0) is 46.7 Å². The molecule has 6 heteroatoms. The van der Waals surface area contributed by atoms with Crippen LogP contribution in [0, 0.1) is 3.57 Å². The average Bonchev–Trinajstić information content (AvgIpc) is 2.60. The number of nitrogens with one attached hydrogen (secondary N) is 2. The molecule has 0 saturated carbocycles. The minimum Gasteiger partial charge on any atom is -0.457 e. The monoisotopic (exact) mass is 448 g/mol. The van der Waals surface area contributed by atoms with E-state index in [1.807, 2.05) is 54.6 Å². The van der Waals surface area contributed by atoms with Crippen LogP contribution < -0.4 is 10.6 Å². The van der Waals surface area contributed by atoms with Gasteiger partial charge in [0.1, 0.15) is 6.61 Å². The van der Waals surface area contributed by atoms with Gasteiger partial charge >= 0.3 is 12.0 Å². The molecule has 1 aliphatic heterocycles. The molecule has 0 fully saturated rings. The molecule has 0 saturated heterocycles. The zero-order valence-electron chi connectivity index (χ0n) is 13.6. The maximum absolute atomic E-state index is 12.7. The first kappa shape index (κ1) is 17.5. The van der Waals surface area contributed by atoms with Crippen molar-refractivity contribution in [3.8, 4) is 0 Å². The van der Waals surface area contributed by atoms with Gasteiger partial charge in [-0.3, -0.25) is 0 Å². The Morgan fingerprint density at radius 1 is 1.12 bits per heavy atom. The van der Waals surface area contributed by atoms with E-state index in [1.54, 1.807) is 6.92 Å². The number of esters is 1. The first-order valence-electron chi connectivity index (χ1n) is 7.80. The summed E-state index contributed by atoms with van der Waals surface area (Å²) in [5.74, 6) is -0.446. The fraction of sp³-hybridized carbons (Fsp3) is 0.158. The number of amides is 2. The molecule has 5 nitrogen and oxygen atoms in total. The number of allylic oxidation sites excluding steroid dienone is 1. The summed E-state index contributed by atoms with van der Waals surface area (Å²) in [5, 5.41) is 5.47. The summed E-state index contributed by atoms with van der Waals surface area (Å²) in [6, 6.07) is 16.3. The van der Waals surface area contributed by atoms with E-state index in [4.69, 9.17) is 4.74 Å². The van der Waals surface area contributed by atoms with E-state index < -0.39 is 12.0 Å². The van der Waals surface area contributed by atoms with Crippen LogP contribution in [0.25, 0.3) is 0 Å². The summed E-state index contributed by atoms with van der Waals surface area (Å²) in [6.45, 7) is 1.89. The molecule has 2 aromatic rings. The van der Waals surface area contributed by atoms with Crippen LogP contribution >= 0.6 is 22.6 Å². The van der Waals surface area contributed by atoms with Gasteiger partial charge < -0.3 is 15.4 Å². The second-order valence-corrected chi connectivity index (χ2v) is 6.82. The van der Waals surface area contributed by atoms with Crippen LogP contribution in [-0.4, -0.2) is 12.0 Å². The molecule has 0 unspecified atom stereocenters. The van der Waals surface area contributed by atoms with Crippen molar-refractivity contribution in [2.75, 3.05) is 0 Å². The molecule has 2 amide bonds. The fourth-order valence-corrected chi connectivity index (χ4v) is 3.41. The molecule has 0 radical (unpaired) electrons. The molecule has 3 rings (SSSR count). The third kappa shape index (κ3) is 4.01. The Morgan fingerprint density at radius 3 is 2.52 bits per heavy atom. The molecule has 1 aliphatic rings. The van der Waals surface area contributed by atoms with Crippen LogP contribution in [-0.2, 0) is 16.1 Å². The second-order valence-electron chi connectivity index (χ2n) is 5.65. The third-order valence-electron chi connectivity index (χ3n) is 3.92. The van der Waals surface area contributed by atoms with Gasteiger partial charge in [0.2, 0.25) is 0 Å². The summed E-state index contributed by atoms with van der Waals surface area (Å²) in [5.41, 5.74) is 2.70. The zero-order chi connectivity index (χ0) is 17.8. The highest BCUT2D eigenvalue weighted by molar-refractivity contribution is 14.1. The first-order chi connectivity index (χ1) is 12.1. The lowest BCUT2D eigenvalue weighted by Crippen LogP contribution is -2.45. The number of hydrogen-bond donors (Lipinski definition) is 2. The number of carbonyl (C=O) groups is 2. The van der Waals surface area contributed by atoms with Crippen LogP contribution in [0.5, 0.6) is 0 Å². The topological polar surface area (TPSA) is 67.4 Å². The highest BCUT2D eigenvalue weighted by Gasteiger charge is 2.33. The van der Waals surface area contributed by atoms with E-state index >= 15 is 0 Å². The number of ether oxygens (including phenoxy) is 1. The molecule has 0 spiro atoms. The molecule has 0 aliphatic carbocycles. The summed E-state index contributed by atoms with van der Waals surface area (Å²) < 4.78 is 6.44. The van der Waals surface area contributed by atoms with Crippen molar-refractivity contribution in [2.24, 2.45) is 0 Å². The zero-order valence-corrected chi connectivity index (χ0v) is 15.7. The number of hydrogen-bond acceptors (Lipinski definition) is 3. The summed E-state index contributed by atoms with van der Waals surface area (Å²) >= 11 is 2.19. The van der Waals surface area contributed by atoms with Gasteiger partial charge in [-0.15, -0.1) is 0 Å². The smallest absolute Gasteiger partial charge is 0.338 e. The van der Waals surface area contributed by atoms with Crippen molar-refractivity contribution in [3.63, 3.8) is 0 Å². The van der Waals surface area contributed by atoms with Crippen LogP contribution in [0.4, 0.5) is 4.79 Å². The van der Waals surface area contributed by atoms with Gasteiger partial charge in [0.15, 0.2) is 0 Å². The highest BCUT2D eigenvalue weighted by atomic mass is 127. The van der Waals surface area contributed by atoms with Crippen molar-refractivity contribution >= 4 is 34.6 Å². The van der Waals surface area contributed by atoms with Crippen molar-refractivity contribution in [1.29, 1.82) is 0 Å². The van der Waals surface area contributed by atoms with E-state index in [0.29, 0.717) is 11.3 Å². The quantitative estimate of drug-likeness (QED) is 0.555. The van der Waals surface area contributed by atoms with Gasteiger partial charge in [-0.25, -0.2) is 9.59 Å². The van der Waals surface area contributed by atoms with E-state index in [1.165, 1.54) is 0 Å². The van der Waals surface area contributed by atoms with E-state index in [0.717, 1.165) is 14.7 Å². The Labute approximate surface area is 159 Å². The number of halogens is 1. The number of benzene rings is 2. The predicted molar refractivity (Wildman–Crippen MR) is 103 cm³/mol. The predicted octanol–water partition coefficient (Wildman–Crippen LogP) is 3.66. The Bertz CT molecular complexity index is 834. The molecule has 1 atom stereocenters. The van der Waals surface area contributed by atoms with Crippen molar-refractivity contribution in [2.45, 2.75) is 19.6 Å². The molecule has 2 N–H and O–H groups in total. The molecule has 128 valence electrons. The van der Waals surface area contributed by atoms with Crippen LogP contribution in [0.15, 0.2) is 65.9 Å².